The third kappa shape index (κ3) is 3.32. The summed E-state index contributed by atoms with van der Waals surface area (Å²) in [5.41, 5.74) is 1.60. The number of benzene rings is 1. The molecular formula is C18H22N4O2. The van der Waals surface area contributed by atoms with E-state index < -0.39 is 0 Å². The van der Waals surface area contributed by atoms with E-state index >= 15 is 0 Å². The third-order valence-corrected chi connectivity index (χ3v) is 4.41. The molecule has 0 fully saturated rings. The van der Waals surface area contributed by atoms with Gasteiger partial charge in [0.2, 0.25) is 5.91 Å². The Hall–Kier alpha value is -2.63. The van der Waals surface area contributed by atoms with Crippen molar-refractivity contribution in [2.24, 2.45) is 0 Å². The quantitative estimate of drug-likeness (QED) is 0.931. The lowest BCUT2D eigenvalue weighted by molar-refractivity contribution is -0.132. The summed E-state index contributed by atoms with van der Waals surface area (Å²) >= 11 is 0. The predicted molar refractivity (Wildman–Crippen MR) is 90.5 cm³/mol. The van der Waals surface area contributed by atoms with Gasteiger partial charge >= 0.3 is 0 Å². The van der Waals surface area contributed by atoms with Crippen molar-refractivity contribution in [2.45, 2.75) is 32.9 Å². The highest BCUT2D eigenvalue weighted by atomic mass is 16.2. The molecule has 2 aromatic rings. The van der Waals surface area contributed by atoms with Crippen LogP contribution in [-0.2, 0) is 17.8 Å². The van der Waals surface area contributed by atoms with E-state index in [-0.39, 0.29) is 17.9 Å². The molecule has 0 bridgehead atoms. The Kier molecular flexibility index (Phi) is 4.64. The van der Waals surface area contributed by atoms with Gasteiger partial charge in [-0.1, -0.05) is 30.3 Å². The van der Waals surface area contributed by atoms with Gasteiger partial charge in [-0.05, 0) is 18.9 Å². The fourth-order valence-corrected chi connectivity index (χ4v) is 3.09. The smallest absolute Gasteiger partial charge is 0.271 e. The number of carbonyl (C=O) groups is 2. The minimum Gasteiger partial charge on any atom is -0.350 e. The number of aromatic nitrogens is 2. The fourth-order valence-electron chi connectivity index (χ4n) is 3.09. The van der Waals surface area contributed by atoms with Gasteiger partial charge in [0.1, 0.15) is 11.5 Å². The van der Waals surface area contributed by atoms with E-state index in [0.29, 0.717) is 25.3 Å². The maximum absolute atomic E-state index is 12.3. The van der Waals surface area contributed by atoms with E-state index in [1.807, 2.05) is 41.8 Å². The molecule has 2 amide bonds. The summed E-state index contributed by atoms with van der Waals surface area (Å²) in [6.07, 6.45) is 2.57. The topological polar surface area (TPSA) is 67.2 Å². The van der Waals surface area contributed by atoms with E-state index in [0.717, 1.165) is 12.2 Å². The zero-order chi connectivity index (χ0) is 17.1. The summed E-state index contributed by atoms with van der Waals surface area (Å²) in [6, 6.07) is 9.93. The van der Waals surface area contributed by atoms with Crippen LogP contribution in [0.5, 0.6) is 0 Å². The van der Waals surface area contributed by atoms with Gasteiger partial charge in [-0.25, -0.2) is 4.98 Å². The molecule has 0 unspecified atom stereocenters. The zero-order valence-corrected chi connectivity index (χ0v) is 14.0. The molecule has 0 saturated carbocycles. The number of fused-ring (bicyclic) bond motifs is 1. The van der Waals surface area contributed by atoms with Gasteiger partial charge in [0, 0.05) is 32.8 Å². The standard InChI is InChI=1S/C18H22N4O2/c1-13-17-20-16(12-21(17)10-11-22(13)14(2)23)18(24)19-9-8-15-6-4-3-5-7-15/h3-7,12-13H,8-11H2,1-2H3,(H,19,24)/t13-/m0/s1. The molecule has 1 aromatic carbocycles. The molecule has 0 saturated heterocycles. The maximum atomic E-state index is 12.3. The molecule has 0 aliphatic carbocycles. The van der Waals surface area contributed by atoms with Gasteiger partial charge in [-0.15, -0.1) is 0 Å². The first-order valence-corrected chi connectivity index (χ1v) is 8.22. The van der Waals surface area contributed by atoms with Crippen LogP contribution in [0.2, 0.25) is 0 Å². The van der Waals surface area contributed by atoms with E-state index in [1.165, 1.54) is 5.56 Å². The second-order valence-electron chi connectivity index (χ2n) is 6.06. The number of carbonyl (C=O) groups excluding carboxylic acids is 2. The van der Waals surface area contributed by atoms with Crippen LogP contribution in [0.3, 0.4) is 0 Å². The molecule has 1 aromatic heterocycles. The highest BCUT2D eigenvalue weighted by Crippen LogP contribution is 2.24. The van der Waals surface area contributed by atoms with Gasteiger partial charge in [0.15, 0.2) is 0 Å². The first-order chi connectivity index (χ1) is 11.6. The Bertz CT molecular complexity index is 739. The molecule has 0 radical (unpaired) electrons. The number of hydrogen-bond acceptors (Lipinski definition) is 3. The normalized spacial score (nSPS) is 16.6. The van der Waals surface area contributed by atoms with Crippen LogP contribution >= 0.6 is 0 Å². The fraction of sp³-hybridized carbons (Fsp3) is 0.389. The molecule has 6 heteroatoms. The van der Waals surface area contributed by atoms with Crippen molar-refractivity contribution >= 4 is 11.8 Å². The Morgan fingerprint density at radius 2 is 2.00 bits per heavy atom. The second-order valence-corrected chi connectivity index (χ2v) is 6.06. The summed E-state index contributed by atoms with van der Waals surface area (Å²) in [4.78, 5) is 30.2. The van der Waals surface area contributed by atoms with Crippen molar-refractivity contribution in [1.29, 1.82) is 0 Å². The van der Waals surface area contributed by atoms with E-state index in [2.05, 4.69) is 10.3 Å². The minimum absolute atomic E-state index is 0.0330. The Labute approximate surface area is 141 Å². The molecule has 1 atom stereocenters. The molecule has 1 N–H and O–H groups in total. The van der Waals surface area contributed by atoms with Crippen LogP contribution < -0.4 is 5.32 Å². The van der Waals surface area contributed by atoms with E-state index in [9.17, 15) is 9.59 Å². The first-order valence-electron chi connectivity index (χ1n) is 8.22. The number of nitrogens with one attached hydrogen (secondary N) is 1. The average Bonchev–Trinajstić information content (AvgIpc) is 3.01. The molecule has 24 heavy (non-hydrogen) atoms. The van der Waals surface area contributed by atoms with E-state index in [1.54, 1.807) is 18.0 Å². The number of amides is 2. The first kappa shape index (κ1) is 16.2. The summed E-state index contributed by atoms with van der Waals surface area (Å²) in [7, 11) is 0. The van der Waals surface area contributed by atoms with Crippen molar-refractivity contribution in [3.8, 4) is 0 Å². The lowest BCUT2D eigenvalue weighted by Gasteiger charge is -2.32. The minimum atomic E-state index is -0.172. The SMILES string of the molecule is CC(=O)N1CCn2cc(C(=O)NCCc3ccccc3)nc2[C@@H]1C. The molecule has 6 nitrogen and oxygen atoms in total. The maximum Gasteiger partial charge on any atom is 0.271 e. The molecule has 0 spiro atoms. The number of nitrogens with zero attached hydrogens (tertiary/aromatic N) is 3. The zero-order valence-electron chi connectivity index (χ0n) is 14.0. The third-order valence-electron chi connectivity index (χ3n) is 4.41. The van der Waals surface area contributed by atoms with Gasteiger partial charge in [-0.2, -0.15) is 0 Å². The highest BCUT2D eigenvalue weighted by Gasteiger charge is 2.28. The van der Waals surface area contributed by atoms with Crippen LogP contribution in [0.15, 0.2) is 36.5 Å². The lowest BCUT2D eigenvalue weighted by Crippen LogP contribution is -2.39. The monoisotopic (exact) mass is 326 g/mol. The summed E-state index contributed by atoms with van der Waals surface area (Å²) < 4.78 is 1.97. The molecule has 126 valence electrons. The van der Waals surface area contributed by atoms with Crippen LogP contribution in [0.1, 0.15) is 41.8 Å². The van der Waals surface area contributed by atoms with E-state index in [4.69, 9.17) is 0 Å². The van der Waals surface area contributed by atoms with Crippen molar-refractivity contribution in [3.05, 3.63) is 53.6 Å². The molecule has 1 aliphatic rings. The van der Waals surface area contributed by atoms with Crippen molar-refractivity contribution in [2.75, 3.05) is 13.1 Å². The Balaban J connectivity index is 1.63. The van der Waals surface area contributed by atoms with Gasteiger partial charge in [-0.3, -0.25) is 9.59 Å². The summed E-state index contributed by atoms with van der Waals surface area (Å²) in [5.74, 6) is 0.629. The van der Waals surface area contributed by atoms with Gasteiger partial charge in [0.25, 0.3) is 5.91 Å². The number of imidazole rings is 1. The predicted octanol–water partition coefficient (Wildman–Crippen LogP) is 1.78. The molecule has 3 rings (SSSR count). The van der Waals surface area contributed by atoms with Crippen LogP contribution in [-0.4, -0.2) is 39.4 Å². The van der Waals surface area contributed by atoms with Crippen molar-refractivity contribution < 1.29 is 9.59 Å². The van der Waals surface area contributed by atoms with Crippen molar-refractivity contribution in [3.63, 3.8) is 0 Å². The highest BCUT2D eigenvalue weighted by molar-refractivity contribution is 5.92. The average molecular weight is 326 g/mol. The van der Waals surface area contributed by atoms with Gasteiger partial charge < -0.3 is 14.8 Å². The molecule has 1 aliphatic heterocycles. The van der Waals surface area contributed by atoms with Crippen LogP contribution in [0.4, 0.5) is 0 Å². The molecular weight excluding hydrogens is 304 g/mol. The Morgan fingerprint density at radius 1 is 1.25 bits per heavy atom. The molecule has 2 heterocycles. The number of hydrogen-bond donors (Lipinski definition) is 1. The largest absolute Gasteiger partial charge is 0.350 e. The number of rotatable bonds is 4. The van der Waals surface area contributed by atoms with Crippen molar-refractivity contribution in [1.82, 2.24) is 19.8 Å². The second kappa shape index (κ2) is 6.86. The van der Waals surface area contributed by atoms with Gasteiger partial charge in [0.05, 0.1) is 6.04 Å². The summed E-state index contributed by atoms with van der Waals surface area (Å²) in [6.45, 7) is 5.39. The Morgan fingerprint density at radius 3 is 2.71 bits per heavy atom. The van der Waals surface area contributed by atoms with Crippen LogP contribution in [0, 0.1) is 0 Å². The lowest BCUT2D eigenvalue weighted by atomic mass is 10.1. The van der Waals surface area contributed by atoms with Crippen LogP contribution in [0.25, 0.3) is 0 Å². The summed E-state index contributed by atoms with van der Waals surface area (Å²) in [5, 5.41) is 2.91.